The van der Waals surface area contributed by atoms with Crippen LogP contribution in [0.5, 0.6) is 0 Å². The zero-order chi connectivity index (χ0) is 16.4. The molecule has 0 spiro atoms. The van der Waals surface area contributed by atoms with Gasteiger partial charge in [0, 0.05) is 6.54 Å². The maximum Gasteiger partial charge on any atom is 0.356 e. The minimum atomic E-state index is -0.751. The Morgan fingerprint density at radius 2 is 1.64 bits per heavy atom. The molecule has 1 aromatic carbocycles. The Morgan fingerprint density at radius 3 is 2.23 bits per heavy atom. The topological polar surface area (TPSA) is 64.6 Å². The predicted molar refractivity (Wildman–Crippen MR) is 84.3 cm³/mol. The van der Waals surface area contributed by atoms with Crippen LogP contribution in [0.4, 0.5) is 0 Å². The van der Waals surface area contributed by atoms with Gasteiger partial charge in [-0.15, -0.1) is 0 Å². The molecule has 0 radical (unpaired) electrons. The molecule has 120 valence electrons. The highest BCUT2D eigenvalue weighted by molar-refractivity contribution is 6.43. The smallest absolute Gasteiger partial charge is 0.356 e. The number of ether oxygens (including phenoxy) is 2. The summed E-state index contributed by atoms with van der Waals surface area (Å²) in [7, 11) is 0. The number of halogens is 1. The van der Waals surface area contributed by atoms with Gasteiger partial charge in [0.15, 0.2) is 5.03 Å². The van der Waals surface area contributed by atoms with Crippen LogP contribution in [0.3, 0.4) is 0 Å². The molecule has 0 aliphatic rings. The van der Waals surface area contributed by atoms with E-state index in [4.69, 9.17) is 21.1 Å². The first kappa shape index (κ1) is 18.0. The van der Waals surface area contributed by atoms with E-state index in [1.165, 1.54) is 0 Å². The SMILES string of the molecule is CCOC(=O)/C(Cl)=C(/NCCc1ccccc1)C(=O)OCC. The summed E-state index contributed by atoms with van der Waals surface area (Å²) in [4.78, 5) is 23.6. The molecule has 0 aliphatic heterocycles. The number of rotatable bonds is 8. The molecular weight excluding hydrogens is 306 g/mol. The molecule has 0 unspecified atom stereocenters. The maximum absolute atomic E-state index is 11.9. The third-order valence-corrected chi connectivity index (χ3v) is 3.06. The molecule has 0 amide bonds. The molecule has 6 heteroatoms. The van der Waals surface area contributed by atoms with Crippen LogP contribution in [0, 0.1) is 0 Å². The number of esters is 2. The van der Waals surface area contributed by atoms with Gasteiger partial charge in [-0.05, 0) is 25.8 Å². The number of hydrogen-bond acceptors (Lipinski definition) is 5. The zero-order valence-corrected chi connectivity index (χ0v) is 13.5. The summed E-state index contributed by atoms with van der Waals surface area (Å²) in [5.74, 6) is -1.42. The van der Waals surface area contributed by atoms with Crippen molar-refractivity contribution in [2.24, 2.45) is 0 Å². The van der Waals surface area contributed by atoms with E-state index in [1.54, 1.807) is 13.8 Å². The minimum absolute atomic E-state index is 0.0714. The molecule has 0 fully saturated rings. The Kier molecular flexibility index (Phi) is 8.07. The molecule has 1 aromatic rings. The summed E-state index contributed by atoms with van der Waals surface area (Å²) in [6.45, 7) is 4.14. The van der Waals surface area contributed by atoms with Gasteiger partial charge in [-0.2, -0.15) is 0 Å². The van der Waals surface area contributed by atoms with Gasteiger partial charge in [0.2, 0.25) is 0 Å². The van der Waals surface area contributed by atoms with Crippen LogP contribution < -0.4 is 5.32 Å². The van der Waals surface area contributed by atoms with Crippen molar-refractivity contribution < 1.29 is 19.1 Å². The van der Waals surface area contributed by atoms with Crippen LogP contribution in [-0.4, -0.2) is 31.7 Å². The van der Waals surface area contributed by atoms with Crippen LogP contribution in [0.25, 0.3) is 0 Å². The van der Waals surface area contributed by atoms with Crippen molar-refractivity contribution in [3.63, 3.8) is 0 Å². The van der Waals surface area contributed by atoms with Gasteiger partial charge in [-0.25, -0.2) is 9.59 Å². The number of nitrogens with one attached hydrogen (secondary N) is 1. The zero-order valence-electron chi connectivity index (χ0n) is 12.7. The highest BCUT2D eigenvalue weighted by Crippen LogP contribution is 2.12. The van der Waals surface area contributed by atoms with Crippen molar-refractivity contribution in [2.75, 3.05) is 19.8 Å². The van der Waals surface area contributed by atoms with Crippen LogP contribution in [0.15, 0.2) is 41.1 Å². The highest BCUT2D eigenvalue weighted by atomic mass is 35.5. The van der Waals surface area contributed by atoms with E-state index in [-0.39, 0.29) is 23.9 Å². The monoisotopic (exact) mass is 325 g/mol. The van der Waals surface area contributed by atoms with E-state index in [9.17, 15) is 9.59 Å². The molecule has 0 heterocycles. The summed E-state index contributed by atoms with van der Waals surface area (Å²) >= 11 is 5.93. The number of benzene rings is 1. The van der Waals surface area contributed by atoms with Crippen LogP contribution in [0.2, 0.25) is 0 Å². The first-order chi connectivity index (χ1) is 10.6. The summed E-state index contributed by atoms with van der Waals surface area (Å²) in [6.07, 6.45) is 0.677. The first-order valence-corrected chi connectivity index (χ1v) is 7.49. The molecule has 5 nitrogen and oxygen atoms in total. The summed E-state index contributed by atoms with van der Waals surface area (Å²) in [5, 5.41) is 2.57. The van der Waals surface area contributed by atoms with E-state index in [2.05, 4.69) is 5.32 Å². The van der Waals surface area contributed by atoms with Crippen molar-refractivity contribution >= 4 is 23.5 Å². The third-order valence-electron chi connectivity index (χ3n) is 2.71. The molecule has 0 aliphatic carbocycles. The lowest BCUT2D eigenvalue weighted by Gasteiger charge is -2.12. The fourth-order valence-electron chi connectivity index (χ4n) is 1.72. The lowest BCUT2D eigenvalue weighted by Crippen LogP contribution is -2.27. The number of hydrogen-bond donors (Lipinski definition) is 1. The van der Waals surface area contributed by atoms with Gasteiger partial charge in [0.1, 0.15) is 5.70 Å². The normalized spacial score (nSPS) is 11.4. The number of carbonyl (C=O) groups is 2. The second-order valence-corrected chi connectivity index (χ2v) is 4.67. The Balaban J connectivity index is 2.76. The second-order valence-electron chi connectivity index (χ2n) is 4.29. The molecule has 22 heavy (non-hydrogen) atoms. The summed E-state index contributed by atoms with van der Waals surface area (Å²) < 4.78 is 9.71. The van der Waals surface area contributed by atoms with Crippen molar-refractivity contribution in [3.8, 4) is 0 Å². The Labute approximate surface area is 135 Å². The molecule has 1 rings (SSSR count). The fourth-order valence-corrected chi connectivity index (χ4v) is 1.91. The van der Waals surface area contributed by atoms with Crippen LogP contribution >= 0.6 is 11.6 Å². The Bertz CT molecular complexity index is 528. The Hall–Kier alpha value is -2.01. The van der Waals surface area contributed by atoms with E-state index < -0.39 is 11.9 Å². The van der Waals surface area contributed by atoms with Crippen molar-refractivity contribution in [1.29, 1.82) is 0 Å². The van der Waals surface area contributed by atoms with E-state index in [1.807, 2.05) is 30.3 Å². The van der Waals surface area contributed by atoms with Gasteiger partial charge >= 0.3 is 11.9 Å². The molecule has 0 atom stereocenters. The van der Waals surface area contributed by atoms with E-state index >= 15 is 0 Å². The fraction of sp³-hybridized carbons (Fsp3) is 0.375. The quantitative estimate of drug-likeness (QED) is 0.587. The van der Waals surface area contributed by atoms with Crippen molar-refractivity contribution in [3.05, 3.63) is 46.6 Å². The van der Waals surface area contributed by atoms with Crippen molar-refractivity contribution in [2.45, 2.75) is 20.3 Å². The molecule has 1 N–H and O–H groups in total. The van der Waals surface area contributed by atoms with Gasteiger partial charge < -0.3 is 14.8 Å². The molecular formula is C16H20ClNO4. The molecule has 0 saturated heterocycles. The molecule has 0 bridgehead atoms. The standard InChI is InChI=1S/C16H20ClNO4/c1-3-21-15(19)13(17)14(16(20)22-4-2)18-11-10-12-8-6-5-7-9-12/h5-9,18H,3-4,10-11H2,1-2H3/b14-13-. The first-order valence-electron chi connectivity index (χ1n) is 7.11. The van der Waals surface area contributed by atoms with Crippen LogP contribution in [-0.2, 0) is 25.5 Å². The lowest BCUT2D eigenvalue weighted by molar-refractivity contribution is -0.141. The largest absolute Gasteiger partial charge is 0.462 e. The van der Waals surface area contributed by atoms with Gasteiger partial charge in [0.05, 0.1) is 13.2 Å². The lowest BCUT2D eigenvalue weighted by atomic mass is 10.1. The van der Waals surface area contributed by atoms with Crippen molar-refractivity contribution in [1.82, 2.24) is 5.32 Å². The Morgan fingerprint density at radius 1 is 1.05 bits per heavy atom. The summed E-state index contributed by atoms with van der Waals surface area (Å²) in [5.41, 5.74) is 1.03. The third kappa shape index (κ3) is 5.77. The summed E-state index contributed by atoms with van der Waals surface area (Å²) in [6, 6.07) is 9.75. The highest BCUT2D eigenvalue weighted by Gasteiger charge is 2.21. The average Bonchev–Trinajstić information content (AvgIpc) is 2.52. The van der Waals surface area contributed by atoms with E-state index in [0.717, 1.165) is 5.56 Å². The average molecular weight is 326 g/mol. The maximum atomic E-state index is 11.9. The van der Waals surface area contributed by atoms with Gasteiger partial charge in [0.25, 0.3) is 0 Å². The number of carbonyl (C=O) groups excluding carboxylic acids is 2. The van der Waals surface area contributed by atoms with Gasteiger partial charge in [-0.3, -0.25) is 0 Å². The van der Waals surface area contributed by atoms with E-state index in [0.29, 0.717) is 13.0 Å². The molecule has 0 saturated carbocycles. The van der Waals surface area contributed by atoms with Crippen LogP contribution in [0.1, 0.15) is 19.4 Å². The molecule has 0 aromatic heterocycles. The minimum Gasteiger partial charge on any atom is -0.462 e. The second kappa shape index (κ2) is 9.84. The van der Waals surface area contributed by atoms with Gasteiger partial charge in [-0.1, -0.05) is 41.9 Å². The predicted octanol–water partition coefficient (Wildman–Crippen LogP) is 2.40.